The van der Waals surface area contributed by atoms with E-state index in [1.54, 1.807) is 0 Å². The minimum Gasteiger partial charge on any atom is -0.367 e. The number of hydrogen-bond acceptors (Lipinski definition) is 4. The summed E-state index contributed by atoms with van der Waals surface area (Å²) in [5, 5.41) is 9.26. The first kappa shape index (κ1) is 13.5. The summed E-state index contributed by atoms with van der Waals surface area (Å²) in [7, 11) is 0. The first-order valence-corrected chi connectivity index (χ1v) is 5.80. The molecule has 0 aliphatic carbocycles. The number of anilines is 1. The molecule has 17 heavy (non-hydrogen) atoms. The van der Waals surface area contributed by atoms with Crippen molar-refractivity contribution in [1.29, 1.82) is 0 Å². The fourth-order valence-electron chi connectivity index (χ4n) is 1.32. The molecule has 0 unspecified atom stereocenters. The minimum absolute atomic E-state index is 0.0763. The molecule has 1 heterocycles. The Bertz CT molecular complexity index is 366. The van der Waals surface area contributed by atoms with Gasteiger partial charge in [0.1, 0.15) is 5.82 Å². The van der Waals surface area contributed by atoms with Gasteiger partial charge in [-0.3, -0.25) is 9.89 Å². The van der Waals surface area contributed by atoms with E-state index in [0.29, 0.717) is 25.2 Å². The highest BCUT2D eigenvalue weighted by molar-refractivity contribution is 5.75. The van der Waals surface area contributed by atoms with Crippen molar-refractivity contribution in [3.05, 3.63) is 5.82 Å². The van der Waals surface area contributed by atoms with Gasteiger partial charge in [-0.05, 0) is 11.8 Å². The number of hydrogen-bond donors (Lipinski definition) is 3. The van der Waals surface area contributed by atoms with Crippen LogP contribution in [0.5, 0.6) is 0 Å². The summed E-state index contributed by atoms with van der Waals surface area (Å²) < 4.78 is 0. The van der Waals surface area contributed by atoms with Gasteiger partial charge in [-0.1, -0.05) is 20.8 Å². The number of amides is 1. The van der Waals surface area contributed by atoms with Gasteiger partial charge in [-0.15, -0.1) is 5.10 Å². The molecule has 6 heteroatoms. The van der Waals surface area contributed by atoms with Gasteiger partial charge >= 0.3 is 0 Å². The fraction of sp³-hybridized carbons (Fsp3) is 0.727. The monoisotopic (exact) mass is 239 g/mol. The van der Waals surface area contributed by atoms with Crippen LogP contribution in [0.25, 0.3) is 0 Å². The van der Waals surface area contributed by atoms with Crippen molar-refractivity contribution in [2.75, 3.05) is 12.3 Å². The summed E-state index contributed by atoms with van der Waals surface area (Å²) in [5.74, 6) is 1.00. The molecular weight excluding hydrogens is 218 g/mol. The average molecular weight is 239 g/mol. The summed E-state index contributed by atoms with van der Waals surface area (Å²) in [6.45, 7) is 6.92. The third-order valence-electron chi connectivity index (χ3n) is 2.34. The third kappa shape index (κ3) is 5.89. The second kappa shape index (κ2) is 5.65. The Morgan fingerprint density at radius 1 is 1.47 bits per heavy atom. The second-order valence-electron chi connectivity index (χ2n) is 5.30. The molecule has 0 saturated carbocycles. The highest BCUT2D eigenvalue weighted by Gasteiger charge is 2.12. The molecule has 4 N–H and O–H groups in total. The molecule has 6 nitrogen and oxygen atoms in total. The number of nitrogens with zero attached hydrogens (tertiary/aromatic N) is 2. The van der Waals surface area contributed by atoms with Gasteiger partial charge in [0, 0.05) is 19.4 Å². The lowest BCUT2D eigenvalue weighted by atomic mass is 9.90. The number of carbonyl (C=O) groups excluding carboxylic acids is 1. The molecule has 0 aliphatic rings. The molecule has 0 bridgehead atoms. The summed E-state index contributed by atoms with van der Waals surface area (Å²) in [5.41, 5.74) is 5.56. The smallest absolute Gasteiger partial charge is 0.239 e. The number of aromatic amines is 1. The predicted molar refractivity (Wildman–Crippen MR) is 66.2 cm³/mol. The van der Waals surface area contributed by atoms with Crippen LogP contribution in [0, 0.1) is 5.41 Å². The van der Waals surface area contributed by atoms with Crippen LogP contribution in [0.2, 0.25) is 0 Å². The lowest BCUT2D eigenvalue weighted by molar-refractivity contribution is -0.121. The standard InChI is InChI=1S/C11H21N5O/c1-11(2,3)6-4-9(17)13-7-5-8-14-10(12)16-15-8/h4-7H2,1-3H3,(H,13,17)(H3,12,14,15,16). The van der Waals surface area contributed by atoms with E-state index in [2.05, 4.69) is 41.3 Å². The molecule has 1 aromatic rings. The molecule has 0 aliphatic heterocycles. The Hall–Kier alpha value is -1.59. The van der Waals surface area contributed by atoms with Gasteiger partial charge in [0.25, 0.3) is 0 Å². The molecule has 1 aromatic heterocycles. The van der Waals surface area contributed by atoms with Crippen molar-refractivity contribution in [3.63, 3.8) is 0 Å². The summed E-state index contributed by atoms with van der Waals surface area (Å²) in [6, 6.07) is 0. The first-order chi connectivity index (χ1) is 7.87. The molecule has 96 valence electrons. The maximum absolute atomic E-state index is 11.5. The Labute approximate surface area is 101 Å². The molecule has 0 atom stereocenters. The summed E-state index contributed by atoms with van der Waals surface area (Å²) >= 11 is 0. The second-order valence-corrected chi connectivity index (χ2v) is 5.30. The highest BCUT2D eigenvalue weighted by atomic mass is 16.1. The largest absolute Gasteiger partial charge is 0.367 e. The van der Waals surface area contributed by atoms with Crippen LogP contribution in [0.15, 0.2) is 0 Å². The van der Waals surface area contributed by atoms with Gasteiger partial charge < -0.3 is 11.1 Å². The molecule has 1 rings (SSSR count). The number of carbonyl (C=O) groups is 1. The lowest BCUT2D eigenvalue weighted by Crippen LogP contribution is -2.26. The molecule has 0 radical (unpaired) electrons. The predicted octanol–water partition coefficient (Wildman–Crippen LogP) is 0.872. The van der Waals surface area contributed by atoms with E-state index in [-0.39, 0.29) is 17.3 Å². The van der Waals surface area contributed by atoms with Crippen LogP contribution < -0.4 is 11.1 Å². The van der Waals surface area contributed by atoms with Crippen LogP contribution in [0.3, 0.4) is 0 Å². The van der Waals surface area contributed by atoms with Crippen LogP contribution in [-0.4, -0.2) is 27.6 Å². The van der Waals surface area contributed by atoms with E-state index in [1.807, 2.05) is 0 Å². The molecule has 1 amide bonds. The first-order valence-electron chi connectivity index (χ1n) is 5.80. The van der Waals surface area contributed by atoms with Gasteiger partial charge in [0.2, 0.25) is 11.9 Å². The quantitative estimate of drug-likeness (QED) is 0.710. The Morgan fingerprint density at radius 3 is 2.71 bits per heavy atom. The summed E-state index contributed by atoms with van der Waals surface area (Å²) in [4.78, 5) is 15.5. The number of nitrogens with one attached hydrogen (secondary N) is 2. The van der Waals surface area contributed by atoms with Crippen molar-refractivity contribution >= 4 is 11.9 Å². The van der Waals surface area contributed by atoms with Crippen molar-refractivity contribution in [1.82, 2.24) is 20.5 Å². The molecular formula is C11H21N5O. The zero-order valence-corrected chi connectivity index (χ0v) is 10.7. The van der Waals surface area contributed by atoms with E-state index in [9.17, 15) is 4.79 Å². The maximum Gasteiger partial charge on any atom is 0.239 e. The number of nitrogen functional groups attached to an aromatic ring is 1. The van der Waals surface area contributed by atoms with Crippen molar-refractivity contribution in [3.8, 4) is 0 Å². The van der Waals surface area contributed by atoms with Gasteiger partial charge in [-0.25, -0.2) is 0 Å². The van der Waals surface area contributed by atoms with E-state index < -0.39 is 0 Å². The Balaban J connectivity index is 2.16. The molecule has 0 aromatic carbocycles. The topological polar surface area (TPSA) is 96.7 Å². The van der Waals surface area contributed by atoms with Crippen molar-refractivity contribution in [2.45, 2.75) is 40.0 Å². The molecule has 0 spiro atoms. The van der Waals surface area contributed by atoms with E-state index >= 15 is 0 Å². The normalized spacial score (nSPS) is 11.5. The van der Waals surface area contributed by atoms with Crippen molar-refractivity contribution < 1.29 is 4.79 Å². The number of aromatic nitrogens is 3. The zero-order chi connectivity index (χ0) is 12.9. The maximum atomic E-state index is 11.5. The van der Waals surface area contributed by atoms with E-state index in [0.717, 1.165) is 6.42 Å². The number of H-pyrrole nitrogens is 1. The average Bonchev–Trinajstić information content (AvgIpc) is 2.60. The van der Waals surface area contributed by atoms with Crippen LogP contribution in [0.4, 0.5) is 5.95 Å². The van der Waals surface area contributed by atoms with Crippen LogP contribution in [-0.2, 0) is 11.2 Å². The Morgan fingerprint density at radius 2 is 2.18 bits per heavy atom. The molecule has 0 saturated heterocycles. The van der Waals surface area contributed by atoms with Crippen molar-refractivity contribution in [2.24, 2.45) is 5.41 Å². The van der Waals surface area contributed by atoms with E-state index in [4.69, 9.17) is 5.73 Å². The lowest BCUT2D eigenvalue weighted by Gasteiger charge is -2.17. The van der Waals surface area contributed by atoms with Crippen LogP contribution >= 0.6 is 0 Å². The van der Waals surface area contributed by atoms with Gasteiger partial charge in [-0.2, -0.15) is 4.98 Å². The van der Waals surface area contributed by atoms with E-state index in [1.165, 1.54) is 0 Å². The summed E-state index contributed by atoms with van der Waals surface area (Å²) in [6.07, 6.45) is 2.06. The SMILES string of the molecule is CC(C)(C)CCC(=O)NCCc1nc(N)n[nH]1. The number of nitrogens with two attached hydrogens (primary N) is 1. The zero-order valence-electron chi connectivity index (χ0n) is 10.7. The van der Waals surface area contributed by atoms with Gasteiger partial charge in [0.15, 0.2) is 0 Å². The minimum atomic E-state index is 0.0763. The molecule has 0 fully saturated rings. The highest BCUT2D eigenvalue weighted by Crippen LogP contribution is 2.20. The third-order valence-corrected chi connectivity index (χ3v) is 2.34. The fourth-order valence-corrected chi connectivity index (χ4v) is 1.32. The number of rotatable bonds is 5. The Kier molecular flexibility index (Phi) is 4.48. The van der Waals surface area contributed by atoms with Gasteiger partial charge in [0.05, 0.1) is 0 Å². The van der Waals surface area contributed by atoms with Crippen LogP contribution in [0.1, 0.15) is 39.4 Å².